The van der Waals surface area contributed by atoms with Crippen molar-refractivity contribution < 1.29 is 99.7 Å². The van der Waals surface area contributed by atoms with Gasteiger partial charge in [0.2, 0.25) is 16.9 Å². The van der Waals surface area contributed by atoms with Crippen molar-refractivity contribution in [2.45, 2.75) is 57.8 Å². The first-order valence-electron chi connectivity index (χ1n) is 16.0. The molecule has 3 rings (SSSR count). The highest BCUT2D eigenvalue weighted by atomic mass is 32.2. The fourth-order valence-electron chi connectivity index (χ4n) is 4.47. The van der Waals surface area contributed by atoms with E-state index in [1.807, 2.05) is 0 Å². The fourth-order valence-corrected chi connectivity index (χ4v) is 7.93. The molecule has 0 radical (unpaired) electrons. The number of nitrogen functional groups attached to an aromatic ring is 1. The van der Waals surface area contributed by atoms with Gasteiger partial charge < -0.3 is 65.6 Å². The van der Waals surface area contributed by atoms with Crippen molar-refractivity contribution in [3.8, 4) is 0 Å². The maximum atomic E-state index is 12.6. The van der Waals surface area contributed by atoms with E-state index >= 15 is 0 Å². The summed E-state index contributed by atoms with van der Waals surface area (Å²) in [7, 11) is -21.0. The third-order valence-corrected chi connectivity index (χ3v) is 11.0. The van der Waals surface area contributed by atoms with Crippen LogP contribution in [0.25, 0.3) is 11.2 Å². The number of hydrogen-bond acceptors (Lipinski definition) is 19. The smallest absolute Gasteiger partial charge is 0.386 e. The van der Waals surface area contributed by atoms with Crippen LogP contribution in [0.3, 0.4) is 0 Å². The van der Waals surface area contributed by atoms with Gasteiger partial charge in [-0.2, -0.15) is 4.31 Å². The normalized spacial score (nSPS) is 21.4. The molecule has 0 aliphatic carbocycles. The van der Waals surface area contributed by atoms with Gasteiger partial charge in [0.05, 0.1) is 19.5 Å². The van der Waals surface area contributed by atoms with Gasteiger partial charge in [-0.1, -0.05) is 31.7 Å². The second-order valence-corrected chi connectivity index (χ2v) is 18.6. The Bertz CT molecular complexity index is 1950. The van der Waals surface area contributed by atoms with Crippen molar-refractivity contribution in [1.29, 1.82) is 0 Å². The van der Waals surface area contributed by atoms with E-state index in [0.29, 0.717) is 5.75 Å². The molecule has 2 amide bonds. The number of nitrogens with zero attached hydrogens (tertiary/aromatic N) is 4. The van der Waals surface area contributed by atoms with Gasteiger partial charge in [-0.15, -0.1) is 0 Å². The SMILES string of the molecule is CC=CC(=O)SCCNC(=O)CCNC(=O)C(O)C(C)(C)COP(=O)(O)OP(=O)(O)OC[C@H]1O[C@@H](n2cnc3c(N)ncnc32)[C@H](O)[C@@H]1OP(=O)(O)O.O=P(O)(O)O. The summed E-state index contributed by atoms with van der Waals surface area (Å²) in [6, 6.07) is 0. The molecule has 3 unspecified atom stereocenters. The van der Waals surface area contributed by atoms with Crippen molar-refractivity contribution in [1.82, 2.24) is 30.2 Å². The molecule has 1 saturated heterocycles. The Labute approximate surface area is 332 Å². The zero-order valence-electron chi connectivity index (χ0n) is 30.4. The lowest BCUT2D eigenvalue weighted by Crippen LogP contribution is -2.46. The number of imidazole rings is 1. The van der Waals surface area contributed by atoms with Crippen LogP contribution in [0, 0.1) is 5.41 Å². The molecule has 2 aromatic rings. The molecule has 0 saturated carbocycles. The molecule has 13 N–H and O–H groups in total. The number of carbonyl (C=O) groups excluding carboxylic acids is 3. The van der Waals surface area contributed by atoms with Crippen molar-refractivity contribution in [3.05, 3.63) is 24.8 Å². The second kappa shape index (κ2) is 21.8. The highest BCUT2D eigenvalue weighted by molar-refractivity contribution is 8.14. The zero-order valence-corrected chi connectivity index (χ0v) is 34.8. The number of rotatable bonds is 20. The van der Waals surface area contributed by atoms with E-state index in [4.69, 9.17) is 38.8 Å². The molecule has 33 heteroatoms. The molecule has 58 heavy (non-hydrogen) atoms. The Morgan fingerprint density at radius 2 is 1.64 bits per heavy atom. The Hall–Kier alpha value is -2.59. The van der Waals surface area contributed by atoms with Gasteiger partial charge in [-0.25, -0.2) is 33.2 Å². The van der Waals surface area contributed by atoms with E-state index in [1.54, 1.807) is 13.0 Å². The number of aliphatic hydroxyl groups excluding tert-OH is 2. The largest absolute Gasteiger partial charge is 0.481 e. The van der Waals surface area contributed by atoms with Crippen LogP contribution in [0.5, 0.6) is 0 Å². The van der Waals surface area contributed by atoms with Crippen molar-refractivity contribution in [3.63, 3.8) is 0 Å². The van der Waals surface area contributed by atoms with E-state index in [2.05, 4.69) is 34.4 Å². The maximum Gasteiger partial charge on any atom is 0.481 e. The number of aliphatic hydroxyl groups is 2. The van der Waals surface area contributed by atoms with Gasteiger partial charge in [0, 0.05) is 30.7 Å². The average molecular weight is 934 g/mol. The van der Waals surface area contributed by atoms with E-state index in [1.165, 1.54) is 19.9 Å². The van der Waals surface area contributed by atoms with Crippen LogP contribution in [0.4, 0.5) is 5.82 Å². The number of aromatic nitrogens is 4. The Morgan fingerprint density at radius 1 is 1.02 bits per heavy atom. The summed E-state index contributed by atoms with van der Waals surface area (Å²) in [6.07, 6.45) is -3.94. The minimum absolute atomic E-state index is 0.0300. The number of nitrogens with two attached hydrogens (primary N) is 1. The van der Waals surface area contributed by atoms with Crippen LogP contribution in [-0.4, -0.2) is 137 Å². The number of carbonyl (C=O) groups is 3. The Balaban J connectivity index is 0.00000218. The van der Waals surface area contributed by atoms with Gasteiger partial charge >= 0.3 is 31.3 Å². The van der Waals surface area contributed by atoms with Crippen molar-refractivity contribution in [2.75, 3.05) is 37.8 Å². The molecular formula is C25H43N7O21P4S. The lowest BCUT2D eigenvalue weighted by Gasteiger charge is -2.30. The quantitative estimate of drug-likeness (QED) is 0.0400. The molecule has 3 heterocycles. The first kappa shape index (κ1) is 51.6. The molecule has 1 aliphatic heterocycles. The van der Waals surface area contributed by atoms with Crippen LogP contribution < -0.4 is 16.4 Å². The summed E-state index contributed by atoms with van der Waals surface area (Å²) in [5.41, 5.74) is 4.26. The first-order chi connectivity index (χ1) is 26.6. The molecule has 7 atom stereocenters. The molecule has 2 aromatic heterocycles. The topological polar surface area (TPSA) is 441 Å². The number of anilines is 1. The number of phosphoric acid groups is 4. The third kappa shape index (κ3) is 17.9. The summed E-state index contributed by atoms with van der Waals surface area (Å²) in [5, 5.41) is 26.1. The summed E-state index contributed by atoms with van der Waals surface area (Å²) < 4.78 is 70.8. The number of fused-ring (bicyclic) bond motifs is 1. The Morgan fingerprint density at radius 3 is 2.24 bits per heavy atom. The lowest BCUT2D eigenvalue weighted by atomic mass is 9.87. The lowest BCUT2D eigenvalue weighted by molar-refractivity contribution is -0.137. The average Bonchev–Trinajstić information content (AvgIpc) is 3.64. The first-order valence-corrected chi connectivity index (χ1v) is 23.1. The fraction of sp³-hybridized carbons (Fsp3) is 0.600. The van der Waals surface area contributed by atoms with Crippen molar-refractivity contribution in [2.24, 2.45) is 5.41 Å². The Kier molecular flexibility index (Phi) is 19.4. The molecule has 0 bridgehead atoms. The maximum absolute atomic E-state index is 12.6. The van der Waals surface area contributed by atoms with E-state index in [0.717, 1.165) is 29.0 Å². The number of amides is 2. The van der Waals surface area contributed by atoms with Gasteiger partial charge in [0.25, 0.3) is 0 Å². The minimum atomic E-state index is -5.56. The highest BCUT2D eigenvalue weighted by Gasteiger charge is 2.50. The molecule has 28 nitrogen and oxygen atoms in total. The number of hydrogen-bond donors (Lipinski definition) is 12. The summed E-state index contributed by atoms with van der Waals surface area (Å²) in [5.74, 6) is -1.13. The minimum Gasteiger partial charge on any atom is -0.386 e. The molecule has 330 valence electrons. The van der Waals surface area contributed by atoms with Crippen molar-refractivity contribution >= 4 is 77.0 Å². The van der Waals surface area contributed by atoms with Gasteiger partial charge in [0.15, 0.2) is 17.7 Å². The van der Waals surface area contributed by atoms with Crippen LogP contribution in [-0.2, 0) is 55.3 Å². The van der Waals surface area contributed by atoms with Gasteiger partial charge in [-0.05, 0) is 13.0 Å². The predicted molar refractivity (Wildman–Crippen MR) is 196 cm³/mol. The molecular weight excluding hydrogens is 890 g/mol. The van der Waals surface area contributed by atoms with Gasteiger partial charge in [-0.3, -0.25) is 32.5 Å². The monoisotopic (exact) mass is 933 g/mol. The van der Waals surface area contributed by atoms with Crippen LogP contribution >= 0.6 is 43.1 Å². The highest BCUT2D eigenvalue weighted by Crippen LogP contribution is 2.61. The van der Waals surface area contributed by atoms with E-state index in [9.17, 15) is 57.9 Å². The third-order valence-electron chi connectivity index (χ3n) is 7.05. The summed E-state index contributed by atoms with van der Waals surface area (Å²) in [4.78, 5) is 108. The standard InChI is InChI=1S/C25H40N7O17P3S.H3O4P/c1-4-5-16(34)53-9-8-27-15(33)6-7-28-23(37)20(36)25(2,3)11-46-52(43,44)49-51(41,42)45-10-14-19(48-50(38,39)40)18(35)24(47-14)32-13-31-17-21(26)29-12-30-22(17)32;1-5(2,3)4/h4-5,12-14,18-20,24,35-36H,6-11H2,1-3H3,(H,27,33)(H,28,37)(H,41,42)(H,43,44)(H2,26,29,30)(H2,38,39,40);(H3,1,2,3,4)/t14-,18-,19-,20?,24-;/m1./s1. The summed E-state index contributed by atoms with van der Waals surface area (Å²) in [6.45, 7) is 2.17. The van der Waals surface area contributed by atoms with Gasteiger partial charge in [0.1, 0.15) is 36.3 Å². The second-order valence-electron chi connectivity index (χ2n) is 12.3. The molecule has 0 spiro atoms. The summed E-state index contributed by atoms with van der Waals surface area (Å²) >= 11 is 1.01. The molecule has 0 aromatic carbocycles. The zero-order chi connectivity index (χ0) is 44.3. The number of ether oxygens (including phenoxy) is 1. The van der Waals surface area contributed by atoms with Crippen LogP contribution in [0.15, 0.2) is 24.8 Å². The van der Waals surface area contributed by atoms with E-state index < -0.39 is 92.4 Å². The number of allylic oxidation sites excluding steroid dienone is 1. The number of thioether (sulfide) groups is 1. The van der Waals surface area contributed by atoms with E-state index in [-0.39, 0.29) is 41.6 Å². The van der Waals surface area contributed by atoms with Crippen LogP contribution in [0.2, 0.25) is 0 Å². The molecule has 1 fully saturated rings. The van der Waals surface area contributed by atoms with Crippen LogP contribution in [0.1, 0.15) is 33.4 Å². The predicted octanol–water partition coefficient (Wildman–Crippen LogP) is -1.69. The number of nitrogens with one attached hydrogen (secondary N) is 2. The molecule has 1 aliphatic rings. The number of phosphoric ester groups is 3.